The van der Waals surface area contributed by atoms with Gasteiger partial charge in [-0.25, -0.2) is 0 Å². The van der Waals surface area contributed by atoms with Gasteiger partial charge in [-0.1, -0.05) is 34.6 Å². The maximum absolute atomic E-state index is 14.1. The molecule has 2 nitrogen and oxygen atoms in total. The molecule has 1 heterocycles. The van der Waals surface area contributed by atoms with E-state index in [-0.39, 0.29) is 12.1 Å². The van der Waals surface area contributed by atoms with Crippen LogP contribution in [-0.2, 0) is 9.47 Å². The first-order valence-corrected chi connectivity index (χ1v) is 5.65. The van der Waals surface area contributed by atoms with Gasteiger partial charge in [0.2, 0.25) is 0 Å². The van der Waals surface area contributed by atoms with Crippen LogP contribution in [0.1, 0.15) is 41.5 Å². The molecule has 16 heavy (non-hydrogen) atoms. The fourth-order valence-corrected chi connectivity index (χ4v) is 1.20. The van der Waals surface area contributed by atoms with E-state index < -0.39 is 11.5 Å². The van der Waals surface area contributed by atoms with Gasteiger partial charge in [0.1, 0.15) is 0 Å². The Bertz CT molecular complexity index is 204. The molecule has 0 atom stereocenters. The zero-order valence-electron chi connectivity index (χ0n) is 11.2. The van der Waals surface area contributed by atoms with Gasteiger partial charge in [0, 0.05) is 0 Å². The molecular formula is C12H24F2O2. The number of ether oxygens (including phenoxy) is 2. The normalized spacial score (nSPS) is 20.2. The number of hydrogen-bond acceptors (Lipinski definition) is 2. The molecule has 0 spiro atoms. The second-order valence-electron chi connectivity index (χ2n) is 5.38. The van der Waals surface area contributed by atoms with Crippen molar-refractivity contribution < 1.29 is 18.3 Å². The van der Waals surface area contributed by atoms with E-state index in [1.54, 1.807) is 0 Å². The van der Waals surface area contributed by atoms with Gasteiger partial charge in [0.15, 0.2) is 0 Å². The van der Waals surface area contributed by atoms with Crippen molar-refractivity contribution in [2.45, 2.75) is 47.6 Å². The Morgan fingerprint density at radius 3 is 1.62 bits per heavy atom. The molecule has 0 aliphatic carbocycles. The molecule has 1 saturated heterocycles. The van der Waals surface area contributed by atoms with Crippen LogP contribution in [0, 0.1) is 10.8 Å². The van der Waals surface area contributed by atoms with Gasteiger partial charge < -0.3 is 9.47 Å². The van der Waals surface area contributed by atoms with Crippen molar-refractivity contribution in [3.63, 3.8) is 0 Å². The summed E-state index contributed by atoms with van der Waals surface area (Å²) in [6.45, 7) is 11.5. The Morgan fingerprint density at radius 2 is 1.38 bits per heavy atom. The fourth-order valence-electron chi connectivity index (χ4n) is 1.20. The fraction of sp³-hybridized carbons (Fsp3) is 1.00. The molecule has 0 radical (unpaired) electrons. The quantitative estimate of drug-likeness (QED) is 0.693. The van der Waals surface area contributed by atoms with Crippen LogP contribution in [0.25, 0.3) is 0 Å². The lowest BCUT2D eigenvalue weighted by Crippen LogP contribution is -2.49. The first-order chi connectivity index (χ1) is 7.12. The summed E-state index contributed by atoms with van der Waals surface area (Å²) in [5, 5.41) is 0. The second kappa shape index (κ2) is 5.41. The topological polar surface area (TPSA) is 18.5 Å². The minimum Gasteiger partial charge on any atom is -0.321 e. The molecule has 98 valence electrons. The number of halogens is 2. The van der Waals surface area contributed by atoms with Crippen LogP contribution < -0.4 is 0 Å². The largest absolute Gasteiger partial charge is 0.326 e. The SMILES string of the molecule is CC(C)(C)C(C)(C)C1(F)OCCO1.CCF. The lowest BCUT2D eigenvalue weighted by Gasteiger charge is -2.44. The van der Waals surface area contributed by atoms with Crippen LogP contribution in [0.15, 0.2) is 0 Å². The van der Waals surface area contributed by atoms with Crippen molar-refractivity contribution in [1.82, 2.24) is 0 Å². The highest BCUT2D eigenvalue weighted by molar-refractivity contribution is 4.91. The minimum atomic E-state index is -1.93. The summed E-state index contributed by atoms with van der Waals surface area (Å²) in [5.41, 5.74) is -0.859. The molecule has 0 N–H and O–H groups in total. The monoisotopic (exact) mass is 238 g/mol. The lowest BCUT2D eigenvalue weighted by atomic mass is 9.68. The third-order valence-electron chi connectivity index (χ3n) is 3.28. The average molecular weight is 238 g/mol. The standard InChI is InChI=1S/C10H19FO2.C2H5F/c1-8(2,3)9(4,5)10(11)12-6-7-13-10;1-2-3/h6-7H2,1-5H3;2H2,1H3. The highest BCUT2D eigenvalue weighted by Gasteiger charge is 2.57. The molecule has 0 aromatic carbocycles. The van der Waals surface area contributed by atoms with Crippen molar-refractivity contribution in [3.8, 4) is 0 Å². The minimum absolute atomic E-state index is 0.202. The van der Waals surface area contributed by atoms with Gasteiger partial charge in [0.05, 0.1) is 25.3 Å². The van der Waals surface area contributed by atoms with Crippen molar-refractivity contribution in [1.29, 1.82) is 0 Å². The van der Waals surface area contributed by atoms with E-state index in [0.717, 1.165) is 0 Å². The molecule has 1 aliphatic heterocycles. The number of rotatable bonds is 1. The molecule has 0 bridgehead atoms. The molecule has 0 aromatic rings. The van der Waals surface area contributed by atoms with Crippen molar-refractivity contribution in [3.05, 3.63) is 0 Å². The third-order valence-corrected chi connectivity index (χ3v) is 3.28. The summed E-state index contributed by atoms with van der Waals surface area (Å²) < 4.78 is 34.5. The Balaban J connectivity index is 0.000000673. The van der Waals surface area contributed by atoms with Crippen LogP contribution >= 0.6 is 0 Å². The van der Waals surface area contributed by atoms with Gasteiger partial charge in [-0.3, -0.25) is 4.39 Å². The zero-order valence-corrected chi connectivity index (χ0v) is 11.2. The summed E-state index contributed by atoms with van der Waals surface area (Å²) in [6.07, 6.45) is 0. The summed E-state index contributed by atoms with van der Waals surface area (Å²) >= 11 is 0. The van der Waals surface area contributed by atoms with Crippen LogP contribution in [0.5, 0.6) is 0 Å². The van der Waals surface area contributed by atoms with Gasteiger partial charge in [0.25, 0.3) is 0 Å². The average Bonchev–Trinajstić information content (AvgIpc) is 2.53. The van der Waals surface area contributed by atoms with Crippen molar-refractivity contribution >= 4 is 0 Å². The molecule has 0 amide bonds. The second-order valence-corrected chi connectivity index (χ2v) is 5.38. The third kappa shape index (κ3) is 3.14. The highest BCUT2D eigenvalue weighted by atomic mass is 19.2. The summed E-state index contributed by atoms with van der Waals surface area (Å²) in [7, 11) is 0. The highest BCUT2D eigenvalue weighted by Crippen LogP contribution is 2.50. The first kappa shape index (κ1) is 15.8. The van der Waals surface area contributed by atoms with Gasteiger partial charge in [-0.2, -0.15) is 4.39 Å². The first-order valence-electron chi connectivity index (χ1n) is 5.65. The zero-order chi connectivity index (χ0) is 13.0. The van der Waals surface area contributed by atoms with Crippen molar-refractivity contribution in [2.24, 2.45) is 10.8 Å². The van der Waals surface area contributed by atoms with Crippen LogP contribution in [0.4, 0.5) is 8.78 Å². The van der Waals surface area contributed by atoms with E-state index in [2.05, 4.69) is 0 Å². The van der Waals surface area contributed by atoms with Gasteiger partial charge in [-0.15, -0.1) is 0 Å². The Kier molecular flexibility index (Phi) is 5.33. The maximum Gasteiger partial charge on any atom is 0.326 e. The van der Waals surface area contributed by atoms with Gasteiger partial charge in [-0.05, 0) is 12.3 Å². The van der Waals surface area contributed by atoms with E-state index in [4.69, 9.17) is 9.47 Å². The summed E-state index contributed by atoms with van der Waals surface area (Å²) in [6, 6.07) is -1.93. The van der Waals surface area contributed by atoms with E-state index in [1.807, 2.05) is 34.6 Å². The van der Waals surface area contributed by atoms with E-state index in [9.17, 15) is 8.78 Å². The molecule has 1 aliphatic rings. The number of alkyl halides is 2. The summed E-state index contributed by atoms with van der Waals surface area (Å²) in [5.74, 6) is 0. The smallest absolute Gasteiger partial charge is 0.321 e. The summed E-state index contributed by atoms with van der Waals surface area (Å²) in [4.78, 5) is 0. The van der Waals surface area contributed by atoms with Crippen LogP contribution in [0.3, 0.4) is 0 Å². The van der Waals surface area contributed by atoms with E-state index in [1.165, 1.54) is 6.92 Å². The molecule has 1 fully saturated rings. The molecule has 1 rings (SSSR count). The van der Waals surface area contributed by atoms with Crippen LogP contribution in [-0.4, -0.2) is 25.9 Å². The lowest BCUT2D eigenvalue weighted by molar-refractivity contribution is -0.335. The molecule has 0 aromatic heterocycles. The Hall–Kier alpha value is -0.220. The van der Waals surface area contributed by atoms with E-state index >= 15 is 0 Å². The maximum atomic E-state index is 14.1. The molecule has 0 saturated carbocycles. The van der Waals surface area contributed by atoms with Crippen LogP contribution in [0.2, 0.25) is 0 Å². The molecule has 4 heteroatoms. The molecular weight excluding hydrogens is 214 g/mol. The Morgan fingerprint density at radius 1 is 1.06 bits per heavy atom. The predicted molar refractivity (Wildman–Crippen MR) is 60.6 cm³/mol. The number of hydrogen-bond donors (Lipinski definition) is 0. The molecule has 0 unspecified atom stereocenters. The van der Waals surface area contributed by atoms with Gasteiger partial charge >= 0.3 is 6.04 Å². The Labute approximate surface area is 97.3 Å². The van der Waals surface area contributed by atoms with Crippen molar-refractivity contribution in [2.75, 3.05) is 19.9 Å². The predicted octanol–water partition coefficient (Wildman–Crippen LogP) is 3.70. The van der Waals surface area contributed by atoms with E-state index in [0.29, 0.717) is 13.2 Å².